The summed E-state index contributed by atoms with van der Waals surface area (Å²) in [6, 6.07) is 5.17. The van der Waals surface area contributed by atoms with E-state index in [2.05, 4.69) is 5.32 Å². The fraction of sp³-hybridized carbons (Fsp3) is 0.593. The van der Waals surface area contributed by atoms with Gasteiger partial charge in [-0.1, -0.05) is 54.6 Å². The Morgan fingerprint density at radius 1 is 1.20 bits per heavy atom. The number of esters is 1. The van der Waals surface area contributed by atoms with Crippen molar-refractivity contribution in [1.82, 2.24) is 10.2 Å². The molecule has 6 nitrogen and oxygen atoms in total. The summed E-state index contributed by atoms with van der Waals surface area (Å²) in [5, 5.41) is 4.02. The monoisotopic (exact) mass is 520 g/mol. The number of halogens is 2. The van der Waals surface area contributed by atoms with Crippen LogP contribution in [0.2, 0.25) is 10.0 Å². The van der Waals surface area contributed by atoms with Gasteiger partial charge in [-0.3, -0.25) is 14.4 Å². The molecule has 8 heteroatoms. The van der Waals surface area contributed by atoms with E-state index >= 15 is 0 Å². The lowest BCUT2D eigenvalue weighted by Crippen LogP contribution is -2.52. The Bertz CT molecular complexity index is 1000. The number of nitrogens with one attached hydrogen (secondary N) is 1. The first-order valence-electron chi connectivity index (χ1n) is 12.7. The van der Waals surface area contributed by atoms with Crippen LogP contribution in [-0.2, 0) is 25.7 Å². The Labute approximate surface area is 217 Å². The summed E-state index contributed by atoms with van der Waals surface area (Å²) in [5.41, 5.74) is 0.486. The van der Waals surface area contributed by atoms with Crippen molar-refractivity contribution in [2.75, 3.05) is 13.2 Å². The van der Waals surface area contributed by atoms with Gasteiger partial charge in [0.2, 0.25) is 11.8 Å². The summed E-state index contributed by atoms with van der Waals surface area (Å²) in [7, 11) is 0. The molecule has 0 bridgehead atoms. The molecule has 1 heterocycles. The lowest BCUT2D eigenvalue weighted by molar-refractivity contribution is -0.161. The first kappa shape index (κ1) is 26.0. The number of hydrogen-bond donors (Lipinski definition) is 1. The van der Waals surface area contributed by atoms with Crippen LogP contribution in [0.4, 0.5) is 0 Å². The average Bonchev–Trinajstić information content (AvgIpc) is 3.27. The second kappa shape index (κ2) is 11.3. The standard InChI is InChI=1S/C27H34Cl2N2O4/c1-2-35-26(34)27-12-6-9-23(27)31(17-19-10-11-21(28)14-22(19)29)25(33)20(15-27)13-24(32)30-16-18-7-4-3-5-8-18/h9-11,14,18,20H,2-8,12-13,15-17H2,1H3,(H,30,32)/t20-,27+/m1/s1. The van der Waals surface area contributed by atoms with E-state index in [-0.39, 0.29) is 43.8 Å². The van der Waals surface area contributed by atoms with Crippen molar-refractivity contribution in [1.29, 1.82) is 0 Å². The molecule has 1 aromatic carbocycles. The van der Waals surface area contributed by atoms with Gasteiger partial charge in [0.25, 0.3) is 0 Å². The molecule has 4 rings (SSSR count). The van der Waals surface area contributed by atoms with E-state index in [1.807, 2.05) is 6.08 Å². The fourth-order valence-corrected chi connectivity index (χ4v) is 6.32. The van der Waals surface area contributed by atoms with Gasteiger partial charge in [-0.15, -0.1) is 0 Å². The molecule has 1 aromatic rings. The van der Waals surface area contributed by atoms with E-state index in [9.17, 15) is 14.4 Å². The molecule has 1 saturated heterocycles. The van der Waals surface area contributed by atoms with Crippen molar-refractivity contribution < 1.29 is 19.1 Å². The highest BCUT2D eigenvalue weighted by atomic mass is 35.5. The van der Waals surface area contributed by atoms with Crippen LogP contribution in [0.25, 0.3) is 0 Å². The predicted octanol–water partition coefficient (Wildman–Crippen LogP) is 5.66. The van der Waals surface area contributed by atoms with E-state index < -0.39 is 11.3 Å². The summed E-state index contributed by atoms with van der Waals surface area (Å²) in [6.45, 7) is 2.90. The Hall–Kier alpha value is -2.05. The minimum absolute atomic E-state index is 0.0604. The van der Waals surface area contributed by atoms with Crippen molar-refractivity contribution in [3.8, 4) is 0 Å². The van der Waals surface area contributed by atoms with Gasteiger partial charge in [0.1, 0.15) is 5.41 Å². The Kier molecular flexibility index (Phi) is 8.43. The number of rotatable bonds is 8. The van der Waals surface area contributed by atoms with Crippen molar-refractivity contribution >= 4 is 41.0 Å². The summed E-state index contributed by atoms with van der Waals surface area (Å²) in [5.74, 6) is -0.712. The number of likely N-dealkylation sites (tertiary alicyclic amines) is 1. The van der Waals surface area contributed by atoms with Crippen molar-refractivity contribution in [2.24, 2.45) is 17.3 Å². The summed E-state index contributed by atoms with van der Waals surface area (Å²) in [6.07, 6.45) is 9.51. The molecular formula is C27H34Cl2N2O4. The number of nitrogens with zero attached hydrogens (tertiary/aromatic N) is 1. The zero-order valence-electron chi connectivity index (χ0n) is 20.3. The molecule has 3 aliphatic rings. The number of allylic oxidation sites excluding steroid dienone is 1. The lowest BCUT2D eigenvalue weighted by Gasteiger charge is -2.44. The molecule has 0 radical (unpaired) electrons. The summed E-state index contributed by atoms with van der Waals surface area (Å²) < 4.78 is 5.48. The number of benzene rings is 1. The van der Waals surface area contributed by atoms with Gasteiger partial charge in [0.15, 0.2) is 0 Å². The minimum atomic E-state index is -0.920. The molecule has 2 aliphatic carbocycles. The van der Waals surface area contributed by atoms with E-state index in [0.717, 1.165) is 18.4 Å². The third-order valence-corrected chi connectivity index (χ3v) is 8.24. The highest BCUT2D eigenvalue weighted by Crippen LogP contribution is 2.51. The number of hydrogen-bond acceptors (Lipinski definition) is 4. The SMILES string of the molecule is CCOC(=O)[C@]12CCC=C1N(Cc1ccc(Cl)cc1Cl)C(=O)[C@H](CC(=O)NCC1CCCCC1)C2. The van der Waals surface area contributed by atoms with E-state index in [1.54, 1.807) is 30.0 Å². The second-order valence-corrected chi connectivity index (χ2v) is 10.8. The molecule has 1 aliphatic heterocycles. The van der Waals surface area contributed by atoms with Crippen LogP contribution < -0.4 is 5.32 Å². The maximum atomic E-state index is 13.7. The average molecular weight is 521 g/mol. The van der Waals surface area contributed by atoms with Gasteiger partial charge >= 0.3 is 5.97 Å². The smallest absolute Gasteiger partial charge is 0.318 e. The van der Waals surface area contributed by atoms with Gasteiger partial charge in [0.05, 0.1) is 13.2 Å². The van der Waals surface area contributed by atoms with E-state index in [4.69, 9.17) is 27.9 Å². The Balaban J connectivity index is 1.55. The molecular weight excluding hydrogens is 487 g/mol. The number of fused-ring (bicyclic) bond motifs is 1. The molecule has 35 heavy (non-hydrogen) atoms. The van der Waals surface area contributed by atoms with Gasteiger partial charge in [-0.2, -0.15) is 0 Å². The maximum absolute atomic E-state index is 13.7. The van der Waals surface area contributed by atoms with E-state index in [0.29, 0.717) is 41.0 Å². The number of amides is 2. The van der Waals surface area contributed by atoms with Crippen LogP contribution >= 0.6 is 23.2 Å². The minimum Gasteiger partial charge on any atom is -0.465 e. The van der Waals surface area contributed by atoms with Crippen LogP contribution in [0, 0.1) is 17.3 Å². The fourth-order valence-electron chi connectivity index (χ4n) is 5.85. The van der Waals surface area contributed by atoms with Crippen molar-refractivity contribution in [2.45, 2.75) is 71.3 Å². The third-order valence-electron chi connectivity index (χ3n) is 7.65. The second-order valence-electron chi connectivity index (χ2n) is 10.0. The molecule has 0 unspecified atom stereocenters. The molecule has 190 valence electrons. The molecule has 2 atom stereocenters. The van der Waals surface area contributed by atoms with Gasteiger partial charge in [0, 0.05) is 34.6 Å². The van der Waals surface area contributed by atoms with Gasteiger partial charge in [-0.05, 0) is 62.6 Å². The predicted molar refractivity (Wildman–Crippen MR) is 136 cm³/mol. The first-order valence-corrected chi connectivity index (χ1v) is 13.5. The summed E-state index contributed by atoms with van der Waals surface area (Å²) >= 11 is 12.5. The number of carbonyl (C=O) groups excluding carboxylic acids is 3. The molecule has 1 saturated carbocycles. The highest BCUT2D eigenvalue weighted by molar-refractivity contribution is 6.35. The van der Waals surface area contributed by atoms with Crippen LogP contribution in [0.1, 0.15) is 70.3 Å². The normalized spacial score (nSPS) is 24.7. The molecule has 2 amide bonds. The highest BCUT2D eigenvalue weighted by Gasteiger charge is 2.55. The molecule has 2 fully saturated rings. The maximum Gasteiger partial charge on any atom is 0.318 e. The third kappa shape index (κ3) is 5.69. The topological polar surface area (TPSA) is 75.7 Å². The Morgan fingerprint density at radius 2 is 1.97 bits per heavy atom. The lowest BCUT2D eigenvalue weighted by atomic mass is 9.71. The van der Waals surface area contributed by atoms with Crippen LogP contribution in [0.15, 0.2) is 30.0 Å². The zero-order chi connectivity index (χ0) is 25.0. The molecule has 0 spiro atoms. The van der Waals surface area contributed by atoms with E-state index in [1.165, 1.54) is 19.3 Å². The molecule has 1 N–H and O–H groups in total. The Morgan fingerprint density at radius 3 is 2.69 bits per heavy atom. The summed E-state index contributed by atoms with van der Waals surface area (Å²) in [4.78, 5) is 41.5. The number of carbonyl (C=O) groups is 3. The molecule has 0 aromatic heterocycles. The van der Waals surface area contributed by atoms with Crippen molar-refractivity contribution in [3.63, 3.8) is 0 Å². The number of ether oxygens (including phenoxy) is 1. The van der Waals surface area contributed by atoms with Gasteiger partial charge in [-0.25, -0.2) is 0 Å². The van der Waals surface area contributed by atoms with Crippen molar-refractivity contribution in [3.05, 3.63) is 45.6 Å². The van der Waals surface area contributed by atoms with Crippen LogP contribution in [0.3, 0.4) is 0 Å². The largest absolute Gasteiger partial charge is 0.465 e. The van der Waals surface area contributed by atoms with Crippen LogP contribution in [-0.4, -0.2) is 35.8 Å². The quantitative estimate of drug-likeness (QED) is 0.449. The van der Waals surface area contributed by atoms with Gasteiger partial charge < -0.3 is 15.0 Å². The zero-order valence-corrected chi connectivity index (χ0v) is 21.8. The number of piperidine rings is 1. The van der Waals surface area contributed by atoms with Crippen LogP contribution in [0.5, 0.6) is 0 Å². The first-order chi connectivity index (χ1) is 16.8.